The van der Waals surface area contributed by atoms with Crippen molar-refractivity contribution in [3.8, 4) is 0 Å². The van der Waals surface area contributed by atoms with Gasteiger partial charge in [-0.2, -0.15) is 12.6 Å². The predicted octanol–water partition coefficient (Wildman–Crippen LogP) is 3.43. The van der Waals surface area contributed by atoms with Crippen molar-refractivity contribution in [1.29, 1.82) is 0 Å². The third-order valence-corrected chi connectivity index (χ3v) is 5.68. The van der Waals surface area contributed by atoms with Crippen LogP contribution in [-0.2, 0) is 6.42 Å². The van der Waals surface area contributed by atoms with Crippen molar-refractivity contribution in [2.24, 2.45) is 0 Å². The van der Waals surface area contributed by atoms with Crippen LogP contribution in [0.5, 0.6) is 0 Å². The van der Waals surface area contributed by atoms with Crippen molar-refractivity contribution < 1.29 is 0 Å². The Morgan fingerprint density at radius 3 is 2.87 bits per heavy atom. The fraction of sp³-hybridized carbons (Fsp3) is 0.526. The van der Waals surface area contributed by atoms with Gasteiger partial charge in [-0.1, -0.05) is 12.1 Å². The van der Waals surface area contributed by atoms with E-state index < -0.39 is 0 Å². The fourth-order valence-electron chi connectivity index (χ4n) is 4.32. The highest BCUT2D eigenvalue weighted by Crippen LogP contribution is 2.37. The molecule has 4 rings (SSSR count). The molecule has 1 N–H and O–H groups in total. The average molecular weight is 327 g/mol. The molecule has 3 nitrogen and oxygen atoms in total. The Balaban J connectivity index is 1.54. The van der Waals surface area contributed by atoms with Crippen LogP contribution in [0.3, 0.4) is 0 Å². The summed E-state index contributed by atoms with van der Waals surface area (Å²) in [5.74, 6) is 0.929. The number of nitrogens with one attached hydrogen (secondary N) is 1. The van der Waals surface area contributed by atoms with Gasteiger partial charge in [0.2, 0.25) is 0 Å². The molecule has 0 saturated heterocycles. The van der Waals surface area contributed by atoms with Gasteiger partial charge in [-0.15, -0.1) is 0 Å². The molecule has 23 heavy (non-hydrogen) atoms. The number of benzene rings is 1. The smallest absolute Gasteiger partial charge is 0.0452 e. The second-order valence-electron chi connectivity index (χ2n) is 6.80. The minimum Gasteiger partial charge on any atom is -0.368 e. The molecule has 0 atom stereocenters. The van der Waals surface area contributed by atoms with E-state index in [4.69, 9.17) is 0 Å². The van der Waals surface area contributed by atoms with E-state index in [1.54, 1.807) is 0 Å². The summed E-state index contributed by atoms with van der Waals surface area (Å²) in [7, 11) is 0. The predicted molar refractivity (Wildman–Crippen MR) is 101 cm³/mol. The highest BCUT2D eigenvalue weighted by molar-refractivity contribution is 7.80. The molecule has 1 fully saturated rings. The average Bonchev–Trinajstić information content (AvgIpc) is 2.61. The van der Waals surface area contributed by atoms with Gasteiger partial charge in [0.05, 0.1) is 0 Å². The van der Waals surface area contributed by atoms with Crippen molar-refractivity contribution in [2.75, 3.05) is 23.7 Å². The summed E-state index contributed by atoms with van der Waals surface area (Å²) in [6, 6.07) is 8.06. The minimum absolute atomic E-state index is 0.690. The molecule has 4 heteroatoms. The summed E-state index contributed by atoms with van der Waals surface area (Å²) in [4.78, 5) is 7.07. The number of thiol groups is 1. The fourth-order valence-corrected chi connectivity index (χ4v) is 4.45. The number of pyridine rings is 1. The summed E-state index contributed by atoms with van der Waals surface area (Å²) in [5.41, 5.74) is 2.84. The monoisotopic (exact) mass is 327 g/mol. The summed E-state index contributed by atoms with van der Waals surface area (Å²) < 4.78 is 0. The lowest BCUT2D eigenvalue weighted by Gasteiger charge is -2.41. The van der Waals surface area contributed by atoms with Crippen LogP contribution in [0, 0.1) is 0 Å². The van der Waals surface area contributed by atoms with E-state index in [-0.39, 0.29) is 0 Å². The number of hydrogen-bond acceptors (Lipinski definition) is 4. The van der Waals surface area contributed by atoms with E-state index in [2.05, 4.69) is 52.2 Å². The van der Waals surface area contributed by atoms with Crippen LogP contribution in [-0.4, -0.2) is 35.9 Å². The maximum atomic E-state index is 4.40. The largest absolute Gasteiger partial charge is 0.368 e. The van der Waals surface area contributed by atoms with E-state index in [9.17, 15) is 0 Å². The lowest BCUT2D eigenvalue weighted by molar-refractivity contribution is 0.336. The lowest BCUT2D eigenvalue weighted by Crippen LogP contribution is -2.44. The van der Waals surface area contributed by atoms with Crippen LogP contribution in [0.15, 0.2) is 30.6 Å². The maximum Gasteiger partial charge on any atom is 0.0452 e. The zero-order valence-electron chi connectivity index (χ0n) is 13.5. The van der Waals surface area contributed by atoms with Crippen molar-refractivity contribution >= 4 is 29.1 Å². The molecular weight excluding hydrogens is 302 g/mol. The summed E-state index contributed by atoms with van der Waals surface area (Å²) >= 11 is 4.30. The van der Waals surface area contributed by atoms with Gasteiger partial charge >= 0.3 is 0 Å². The van der Waals surface area contributed by atoms with Gasteiger partial charge in [0.1, 0.15) is 0 Å². The van der Waals surface area contributed by atoms with Gasteiger partial charge in [-0.3, -0.25) is 4.98 Å². The Kier molecular flexibility index (Phi) is 4.45. The Morgan fingerprint density at radius 2 is 2.04 bits per heavy atom. The Labute approximate surface area is 143 Å². The first kappa shape index (κ1) is 15.3. The molecule has 2 aliphatic rings. The number of rotatable bonds is 4. The Hall–Kier alpha value is -1.26. The minimum atomic E-state index is 0.690. The molecule has 0 amide bonds. The van der Waals surface area contributed by atoms with E-state index >= 15 is 0 Å². The van der Waals surface area contributed by atoms with E-state index in [0.717, 1.165) is 25.3 Å². The van der Waals surface area contributed by atoms with Crippen molar-refractivity contribution in [3.05, 3.63) is 36.2 Å². The molecule has 0 bridgehead atoms. The van der Waals surface area contributed by atoms with Crippen LogP contribution < -0.4 is 10.2 Å². The molecule has 1 aromatic heterocycles. The normalized spacial score (nSPS) is 24.1. The zero-order valence-corrected chi connectivity index (χ0v) is 14.4. The van der Waals surface area contributed by atoms with Gasteiger partial charge in [0.25, 0.3) is 0 Å². The first-order valence-electron chi connectivity index (χ1n) is 8.83. The van der Waals surface area contributed by atoms with Crippen molar-refractivity contribution in [3.63, 3.8) is 0 Å². The highest BCUT2D eigenvalue weighted by atomic mass is 32.1. The molecular formula is C19H25N3S. The van der Waals surface area contributed by atoms with Gasteiger partial charge in [0.15, 0.2) is 0 Å². The number of aromatic nitrogens is 1. The van der Waals surface area contributed by atoms with Crippen LogP contribution >= 0.6 is 12.6 Å². The number of anilines is 1. The van der Waals surface area contributed by atoms with Crippen LogP contribution in [0.4, 0.5) is 5.69 Å². The van der Waals surface area contributed by atoms with Gasteiger partial charge in [-0.05, 0) is 43.7 Å². The number of nitrogens with zero attached hydrogens (tertiary/aromatic N) is 2. The molecule has 0 spiro atoms. The van der Waals surface area contributed by atoms with Crippen LogP contribution in [0.1, 0.15) is 31.2 Å². The molecule has 122 valence electrons. The lowest BCUT2D eigenvalue weighted by atomic mass is 9.88. The van der Waals surface area contributed by atoms with Gasteiger partial charge in [-0.25, -0.2) is 0 Å². The standard InChI is InChI=1S/C19H25N3S/c23-11-9-21-16-4-6-17(7-5-16)22-10-8-15-13-20-12-14-2-1-3-18(22)19(14)15/h1-3,12-13,16-17,21,23H,4-11H2. The van der Waals surface area contributed by atoms with Gasteiger partial charge in [0, 0.05) is 59.8 Å². The van der Waals surface area contributed by atoms with Crippen molar-refractivity contribution in [2.45, 2.75) is 44.2 Å². The van der Waals surface area contributed by atoms with Gasteiger partial charge < -0.3 is 10.2 Å². The van der Waals surface area contributed by atoms with Crippen LogP contribution in [0.25, 0.3) is 10.8 Å². The van der Waals surface area contributed by atoms with Crippen molar-refractivity contribution in [1.82, 2.24) is 10.3 Å². The Morgan fingerprint density at radius 1 is 1.17 bits per heavy atom. The SMILES string of the molecule is SCCNC1CCC(N2CCc3cncc4cccc2c34)CC1. The first-order valence-corrected chi connectivity index (χ1v) is 9.46. The first-order chi connectivity index (χ1) is 11.4. The third-order valence-electron chi connectivity index (χ3n) is 5.45. The molecule has 2 heterocycles. The molecule has 0 radical (unpaired) electrons. The van der Waals surface area contributed by atoms with Crippen LogP contribution in [0.2, 0.25) is 0 Å². The molecule has 1 aliphatic carbocycles. The Bertz CT molecular complexity index is 674. The number of hydrogen-bond donors (Lipinski definition) is 2. The van der Waals surface area contributed by atoms with E-state index in [1.165, 1.54) is 47.7 Å². The molecule has 1 aromatic carbocycles. The third kappa shape index (κ3) is 2.94. The zero-order chi connectivity index (χ0) is 15.6. The second-order valence-corrected chi connectivity index (χ2v) is 7.25. The highest BCUT2D eigenvalue weighted by Gasteiger charge is 2.29. The van der Waals surface area contributed by atoms with E-state index in [0.29, 0.717) is 12.1 Å². The summed E-state index contributed by atoms with van der Waals surface area (Å²) in [5, 5.41) is 6.35. The summed E-state index contributed by atoms with van der Waals surface area (Å²) in [6.45, 7) is 2.17. The molecule has 2 aromatic rings. The molecule has 1 saturated carbocycles. The summed E-state index contributed by atoms with van der Waals surface area (Å²) in [6.07, 6.45) is 10.3. The topological polar surface area (TPSA) is 28.2 Å². The second kappa shape index (κ2) is 6.70. The molecule has 1 aliphatic heterocycles. The quantitative estimate of drug-likeness (QED) is 0.843. The van der Waals surface area contributed by atoms with E-state index in [1.807, 2.05) is 6.20 Å². The molecule has 0 unspecified atom stereocenters. The maximum absolute atomic E-state index is 4.40.